The molecule has 0 aromatic heterocycles. The Morgan fingerprint density at radius 2 is 1.41 bits per heavy atom. The fourth-order valence-electron chi connectivity index (χ4n) is 7.18. The van der Waals surface area contributed by atoms with Gasteiger partial charge in [0.15, 0.2) is 0 Å². The number of fused-ring (bicyclic) bond motifs is 7. The molecular formula is C32H29BO. The van der Waals surface area contributed by atoms with Crippen molar-refractivity contribution in [3.63, 3.8) is 0 Å². The van der Waals surface area contributed by atoms with Crippen LogP contribution in [-0.2, 0) is 10.8 Å². The van der Waals surface area contributed by atoms with Crippen LogP contribution in [0.2, 0.25) is 0 Å². The maximum atomic E-state index is 6.52. The summed E-state index contributed by atoms with van der Waals surface area (Å²) in [5, 5.41) is 0. The summed E-state index contributed by atoms with van der Waals surface area (Å²) < 4.78 is 6.52. The van der Waals surface area contributed by atoms with Gasteiger partial charge in [-0.25, -0.2) is 0 Å². The van der Waals surface area contributed by atoms with Crippen molar-refractivity contribution in [1.29, 1.82) is 0 Å². The quantitative estimate of drug-likeness (QED) is 0.274. The number of hydrogen-bond donors (Lipinski definition) is 0. The monoisotopic (exact) mass is 440 g/mol. The van der Waals surface area contributed by atoms with Crippen molar-refractivity contribution >= 4 is 23.1 Å². The van der Waals surface area contributed by atoms with Crippen LogP contribution in [0.25, 0.3) is 11.1 Å². The third kappa shape index (κ3) is 2.32. The van der Waals surface area contributed by atoms with Crippen LogP contribution in [0.4, 0.5) is 0 Å². The van der Waals surface area contributed by atoms with E-state index in [1.807, 2.05) is 0 Å². The Morgan fingerprint density at radius 3 is 2.24 bits per heavy atom. The Labute approximate surface area is 202 Å². The average molecular weight is 440 g/mol. The summed E-state index contributed by atoms with van der Waals surface area (Å²) in [6.07, 6.45) is 0. The molecule has 4 aromatic rings. The van der Waals surface area contributed by atoms with Crippen LogP contribution in [0.15, 0.2) is 66.7 Å². The normalized spacial score (nSPS) is 17.2. The van der Waals surface area contributed by atoms with Gasteiger partial charge in [-0.1, -0.05) is 93.3 Å². The lowest BCUT2D eigenvalue weighted by Gasteiger charge is -2.43. The number of hydrogen-bond acceptors (Lipinski definition) is 1. The average Bonchev–Trinajstić information content (AvgIpc) is 3.03. The highest BCUT2D eigenvalue weighted by molar-refractivity contribution is 6.98. The first-order valence-electron chi connectivity index (χ1n) is 12.4. The maximum absolute atomic E-state index is 6.52. The summed E-state index contributed by atoms with van der Waals surface area (Å²) >= 11 is 0. The zero-order valence-electron chi connectivity index (χ0n) is 20.8. The third-order valence-corrected chi connectivity index (χ3v) is 8.76. The maximum Gasteiger partial charge on any atom is 0.251 e. The van der Waals surface area contributed by atoms with Gasteiger partial charge in [-0.2, -0.15) is 0 Å². The Hall–Kier alpha value is -3.26. The van der Waals surface area contributed by atoms with Gasteiger partial charge in [0.05, 0.1) is 0 Å². The number of benzene rings is 4. The summed E-state index contributed by atoms with van der Waals surface area (Å²) in [7, 11) is 0. The molecule has 0 bridgehead atoms. The second-order valence-electron chi connectivity index (χ2n) is 11.5. The number of rotatable bonds is 0. The Bertz CT molecular complexity index is 1560. The first-order chi connectivity index (χ1) is 16.2. The lowest BCUT2D eigenvalue weighted by molar-refractivity contribution is 0.484. The number of ether oxygens (including phenoxy) is 1. The molecule has 166 valence electrons. The standard InChI is InChI=1S/C32H29BO/c1-18-11-13-27-26(15-18)33-25-16-21-20-9-7-8-10-22(20)31(3,4)23(21)17-24(25)32(5,6)29-19(2)12-14-28(34-27)30(29)33/h7-17H,1-6H3. The van der Waals surface area contributed by atoms with E-state index in [-0.39, 0.29) is 17.5 Å². The highest BCUT2D eigenvalue weighted by Crippen LogP contribution is 2.50. The molecule has 1 nitrogen and oxygen atoms in total. The van der Waals surface area contributed by atoms with Crippen molar-refractivity contribution in [2.75, 3.05) is 0 Å². The zero-order chi connectivity index (χ0) is 23.6. The first kappa shape index (κ1) is 20.1. The van der Waals surface area contributed by atoms with E-state index in [1.54, 1.807) is 0 Å². The molecular weight excluding hydrogens is 411 g/mol. The van der Waals surface area contributed by atoms with Gasteiger partial charge in [-0.3, -0.25) is 0 Å². The van der Waals surface area contributed by atoms with Crippen LogP contribution in [0.3, 0.4) is 0 Å². The van der Waals surface area contributed by atoms with Crippen LogP contribution in [0.5, 0.6) is 11.5 Å². The van der Waals surface area contributed by atoms with E-state index in [4.69, 9.17) is 4.74 Å². The van der Waals surface area contributed by atoms with E-state index < -0.39 is 0 Å². The molecule has 0 unspecified atom stereocenters. The third-order valence-electron chi connectivity index (χ3n) is 8.76. The first-order valence-corrected chi connectivity index (χ1v) is 12.4. The lowest BCUT2D eigenvalue weighted by atomic mass is 9.30. The predicted molar refractivity (Wildman–Crippen MR) is 143 cm³/mol. The minimum atomic E-state index is -0.105. The van der Waals surface area contributed by atoms with Crippen LogP contribution in [0.1, 0.15) is 61.1 Å². The highest BCUT2D eigenvalue weighted by atomic mass is 16.5. The van der Waals surface area contributed by atoms with E-state index >= 15 is 0 Å². The minimum absolute atomic E-state index is 0.00161. The van der Waals surface area contributed by atoms with Crippen molar-refractivity contribution in [2.24, 2.45) is 0 Å². The molecule has 0 saturated heterocycles. The van der Waals surface area contributed by atoms with Gasteiger partial charge >= 0.3 is 0 Å². The summed E-state index contributed by atoms with van der Waals surface area (Å²) in [5.74, 6) is 2.01. The molecule has 2 heteroatoms. The molecule has 0 spiro atoms. The van der Waals surface area contributed by atoms with Gasteiger partial charge in [-0.05, 0) is 75.8 Å². The molecule has 4 aromatic carbocycles. The van der Waals surface area contributed by atoms with Crippen molar-refractivity contribution in [3.05, 3.63) is 100 Å². The SMILES string of the molecule is Cc1ccc2c(c1)B1c3cc4c(cc3C(C)(C)c3c(C)ccc(c31)O2)C(C)(C)c1ccccc1-4. The molecule has 0 saturated carbocycles. The molecule has 2 heterocycles. The van der Waals surface area contributed by atoms with Crippen LogP contribution < -0.4 is 21.1 Å². The Morgan fingerprint density at radius 1 is 0.647 bits per heavy atom. The smallest absolute Gasteiger partial charge is 0.251 e. The van der Waals surface area contributed by atoms with Gasteiger partial charge in [0.1, 0.15) is 11.5 Å². The van der Waals surface area contributed by atoms with Crippen LogP contribution in [0, 0.1) is 13.8 Å². The molecule has 0 fully saturated rings. The molecule has 2 aliphatic heterocycles. The highest BCUT2D eigenvalue weighted by Gasteiger charge is 2.47. The van der Waals surface area contributed by atoms with Gasteiger partial charge < -0.3 is 4.74 Å². The summed E-state index contributed by atoms with van der Waals surface area (Å²) in [5.41, 5.74) is 15.2. The van der Waals surface area contributed by atoms with E-state index in [9.17, 15) is 0 Å². The van der Waals surface area contributed by atoms with Crippen LogP contribution >= 0.6 is 0 Å². The molecule has 0 N–H and O–H groups in total. The second-order valence-corrected chi connectivity index (χ2v) is 11.5. The van der Waals surface area contributed by atoms with Crippen molar-refractivity contribution in [2.45, 2.75) is 52.4 Å². The molecule has 34 heavy (non-hydrogen) atoms. The minimum Gasteiger partial charge on any atom is -0.458 e. The van der Waals surface area contributed by atoms with Gasteiger partial charge in [0.25, 0.3) is 6.71 Å². The second kappa shape index (κ2) is 6.24. The number of aryl methyl sites for hydroxylation is 2. The molecule has 0 radical (unpaired) electrons. The fraction of sp³-hybridized carbons (Fsp3) is 0.250. The van der Waals surface area contributed by atoms with Crippen LogP contribution in [-0.4, -0.2) is 6.71 Å². The van der Waals surface area contributed by atoms with E-state index in [0.717, 1.165) is 11.5 Å². The molecule has 1 aliphatic carbocycles. The molecule has 7 rings (SSSR count). The Kier molecular flexibility index (Phi) is 3.70. The fourth-order valence-corrected chi connectivity index (χ4v) is 7.18. The van der Waals surface area contributed by atoms with Crippen molar-refractivity contribution < 1.29 is 4.74 Å². The van der Waals surface area contributed by atoms with E-state index in [1.165, 1.54) is 60.9 Å². The summed E-state index contributed by atoms with van der Waals surface area (Å²) in [4.78, 5) is 0. The largest absolute Gasteiger partial charge is 0.458 e. The lowest BCUT2D eigenvalue weighted by Crippen LogP contribution is -2.63. The summed E-state index contributed by atoms with van der Waals surface area (Å²) in [6, 6.07) is 25.1. The van der Waals surface area contributed by atoms with Crippen molar-refractivity contribution in [3.8, 4) is 22.6 Å². The van der Waals surface area contributed by atoms with Gasteiger partial charge in [0.2, 0.25) is 0 Å². The predicted octanol–water partition coefficient (Wildman–Crippen LogP) is 5.87. The van der Waals surface area contributed by atoms with Gasteiger partial charge in [-0.15, -0.1) is 0 Å². The summed E-state index contributed by atoms with van der Waals surface area (Å²) in [6.45, 7) is 14.2. The van der Waals surface area contributed by atoms with Gasteiger partial charge in [0, 0.05) is 10.8 Å². The molecule has 0 atom stereocenters. The van der Waals surface area contributed by atoms with E-state index in [2.05, 4.69) is 108 Å². The topological polar surface area (TPSA) is 9.23 Å². The van der Waals surface area contributed by atoms with E-state index in [0.29, 0.717) is 0 Å². The Balaban J connectivity index is 1.62. The zero-order valence-corrected chi connectivity index (χ0v) is 20.8. The molecule has 3 aliphatic rings. The molecule has 0 amide bonds. The van der Waals surface area contributed by atoms with Crippen molar-refractivity contribution in [1.82, 2.24) is 0 Å².